The van der Waals surface area contributed by atoms with Gasteiger partial charge in [0.2, 0.25) is 11.8 Å². The van der Waals surface area contributed by atoms with Crippen molar-refractivity contribution >= 4 is 23.1 Å². The highest BCUT2D eigenvalue weighted by Crippen LogP contribution is 2.39. The predicted octanol–water partition coefficient (Wildman–Crippen LogP) is 6.09. The zero-order valence-electron chi connectivity index (χ0n) is 19.7. The molecule has 2 amide bonds. The number of hydroxylamine groups is 1. The highest BCUT2D eigenvalue weighted by Gasteiger charge is 2.24. The van der Waals surface area contributed by atoms with Crippen LogP contribution in [0.3, 0.4) is 0 Å². The van der Waals surface area contributed by atoms with Gasteiger partial charge in [0.25, 0.3) is 0 Å². The van der Waals surface area contributed by atoms with E-state index in [2.05, 4.69) is 74.3 Å². The predicted molar refractivity (Wildman–Crippen MR) is 136 cm³/mol. The van der Waals surface area contributed by atoms with Crippen molar-refractivity contribution in [2.75, 3.05) is 5.32 Å². The summed E-state index contributed by atoms with van der Waals surface area (Å²) >= 11 is 0. The van der Waals surface area contributed by atoms with Crippen molar-refractivity contribution in [2.24, 2.45) is 0 Å². The molecule has 2 aromatic rings. The Bertz CT molecular complexity index is 945. The van der Waals surface area contributed by atoms with Crippen molar-refractivity contribution in [1.82, 2.24) is 5.48 Å². The third-order valence-corrected chi connectivity index (χ3v) is 5.87. The molecule has 1 aliphatic carbocycles. The molecule has 1 fully saturated rings. The van der Waals surface area contributed by atoms with Crippen LogP contribution >= 0.6 is 0 Å². The highest BCUT2D eigenvalue weighted by molar-refractivity contribution is 5.91. The summed E-state index contributed by atoms with van der Waals surface area (Å²) in [5, 5.41) is 11.5. The van der Waals surface area contributed by atoms with Gasteiger partial charge in [0.05, 0.1) is 0 Å². The Morgan fingerprint density at radius 1 is 0.765 bits per heavy atom. The zero-order valence-corrected chi connectivity index (χ0v) is 19.7. The van der Waals surface area contributed by atoms with E-state index >= 15 is 0 Å². The molecule has 0 unspecified atom stereocenters. The van der Waals surface area contributed by atoms with Gasteiger partial charge in [0.15, 0.2) is 0 Å². The maximum absolute atomic E-state index is 12.3. The van der Waals surface area contributed by atoms with Crippen LogP contribution in [-0.4, -0.2) is 17.0 Å². The molecule has 0 aliphatic heterocycles. The number of benzene rings is 2. The van der Waals surface area contributed by atoms with Crippen LogP contribution in [0.25, 0.3) is 5.57 Å². The van der Waals surface area contributed by atoms with E-state index in [4.69, 9.17) is 5.21 Å². The van der Waals surface area contributed by atoms with Crippen LogP contribution in [0.15, 0.2) is 60.2 Å². The molecule has 5 radical (unpaired) electrons. The van der Waals surface area contributed by atoms with Gasteiger partial charge < -0.3 is 5.32 Å². The minimum Gasteiger partial charge on any atom is -0.326 e. The van der Waals surface area contributed by atoms with Gasteiger partial charge in [-0.25, -0.2) is 5.48 Å². The first-order valence-electron chi connectivity index (χ1n) is 12.0. The lowest BCUT2D eigenvalue weighted by atomic mass is 9.84. The van der Waals surface area contributed by atoms with Crippen LogP contribution in [0.5, 0.6) is 0 Å². The van der Waals surface area contributed by atoms with Crippen molar-refractivity contribution < 1.29 is 14.8 Å². The summed E-state index contributed by atoms with van der Waals surface area (Å²) in [7, 11) is 0. The topological polar surface area (TPSA) is 78.4 Å². The number of nitrogens with one attached hydrogen (secondary N) is 2. The number of allylic oxidation sites excluding steroid dienone is 1. The third-order valence-electron chi connectivity index (χ3n) is 5.87. The molecule has 34 heavy (non-hydrogen) atoms. The Labute approximate surface area is 203 Å². The van der Waals surface area contributed by atoms with E-state index in [-0.39, 0.29) is 11.8 Å². The molecule has 2 aromatic carbocycles. The maximum Gasteiger partial charge on any atom is 0.243 e. The quantitative estimate of drug-likeness (QED) is 0.205. The lowest BCUT2D eigenvalue weighted by Crippen LogP contribution is -2.17. The smallest absolute Gasteiger partial charge is 0.243 e. The normalized spacial score (nSPS) is 14.5. The molecular formula is C29H33N2O3. The molecular weight excluding hydrogens is 424 g/mol. The number of hydrogen-bond donors (Lipinski definition) is 3. The van der Waals surface area contributed by atoms with Gasteiger partial charge in [-0.1, -0.05) is 67.8 Å². The molecule has 0 heterocycles. The largest absolute Gasteiger partial charge is 0.326 e. The van der Waals surface area contributed by atoms with Gasteiger partial charge in [-0.05, 0) is 73.8 Å². The first-order valence-corrected chi connectivity index (χ1v) is 12.0. The van der Waals surface area contributed by atoms with Crippen LogP contribution in [0.1, 0.15) is 63.0 Å². The summed E-state index contributed by atoms with van der Waals surface area (Å²) in [6.45, 7) is 2.18. The number of carbonyl (C=O) groups excluding carboxylic acids is 2. The van der Waals surface area contributed by atoms with Gasteiger partial charge >= 0.3 is 0 Å². The second kappa shape index (κ2) is 13.7. The van der Waals surface area contributed by atoms with Crippen LogP contribution < -0.4 is 10.8 Å². The number of unbranched alkanes of at least 4 members (excludes halogenated alkanes) is 3. The van der Waals surface area contributed by atoms with E-state index in [1.54, 1.807) is 5.48 Å². The van der Waals surface area contributed by atoms with Crippen molar-refractivity contribution in [3.63, 3.8) is 0 Å². The molecule has 5 heteroatoms. The van der Waals surface area contributed by atoms with E-state index in [1.807, 2.05) is 18.2 Å². The van der Waals surface area contributed by atoms with E-state index in [0.29, 0.717) is 19.3 Å². The minimum absolute atomic E-state index is 0.00860. The van der Waals surface area contributed by atoms with E-state index < -0.39 is 0 Å². The molecule has 5 nitrogen and oxygen atoms in total. The first kappa shape index (κ1) is 25.7. The monoisotopic (exact) mass is 457 g/mol. The third kappa shape index (κ3) is 7.56. The van der Waals surface area contributed by atoms with Crippen LogP contribution in [0, 0.1) is 31.6 Å². The van der Waals surface area contributed by atoms with Crippen LogP contribution in [0.4, 0.5) is 5.69 Å². The lowest BCUT2D eigenvalue weighted by molar-refractivity contribution is -0.129. The van der Waals surface area contributed by atoms with Crippen molar-refractivity contribution in [3.05, 3.63) is 103 Å². The molecule has 1 aliphatic rings. The molecule has 3 N–H and O–H groups in total. The van der Waals surface area contributed by atoms with Gasteiger partial charge in [0, 0.05) is 24.4 Å². The second-order valence-corrected chi connectivity index (χ2v) is 8.32. The summed E-state index contributed by atoms with van der Waals surface area (Å²) in [5.41, 5.74) is 7.22. The Morgan fingerprint density at radius 2 is 1.35 bits per heavy atom. The fourth-order valence-electron chi connectivity index (χ4n) is 4.14. The highest BCUT2D eigenvalue weighted by atomic mass is 16.5. The van der Waals surface area contributed by atoms with E-state index in [9.17, 15) is 9.59 Å². The molecule has 0 aromatic heterocycles. The molecule has 0 spiro atoms. The Hall–Kier alpha value is -2.92. The summed E-state index contributed by atoms with van der Waals surface area (Å²) in [6.07, 6.45) is 13.3. The Morgan fingerprint density at radius 3 is 1.94 bits per heavy atom. The summed E-state index contributed by atoms with van der Waals surface area (Å²) < 4.78 is 0. The standard InChI is InChI=1S/C29H33N2O3/c1-2-26(22-12-10-11-13-22)29(23-14-6-5-7-15-23)24-18-20-25(21-19-24)30-27(32)16-8-3-4-9-17-28(33)31-34/h5-7,10-15,18-21,34H,2-4,8-9,16-17H2,1H3,(H,30,32)(H,31,33)/b29-26-. The van der Waals surface area contributed by atoms with Crippen LogP contribution in [0.2, 0.25) is 0 Å². The fourth-order valence-corrected chi connectivity index (χ4v) is 4.14. The Balaban J connectivity index is 1.62. The maximum atomic E-state index is 12.3. The van der Waals surface area contributed by atoms with Gasteiger partial charge in [-0.15, -0.1) is 0 Å². The number of rotatable bonds is 12. The summed E-state index contributed by atoms with van der Waals surface area (Å²) in [4.78, 5) is 23.3. The van der Waals surface area contributed by atoms with Crippen molar-refractivity contribution in [2.45, 2.75) is 51.9 Å². The first-order chi connectivity index (χ1) is 16.6. The molecule has 0 saturated heterocycles. The van der Waals surface area contributed by atoms with Gasteiger partial charge in [0.1, 0.15) is 0 Å². The fraction of sp³-hybridized carbons (Fsp3) is 0.276. The van der Waals surface area contributed by atoms with Gasteiger partial charge in [-0.2, -0.15) is 0 Å². The molecule has 177 valence electrons. The van der Waals surface area contributed by atoms with Crippen molar-refractivity contribution in [1.29, 1.82) is 0 Å². The number of carbonyl (C=O) groups is 2. The average Bonchev–Trinajstić information content (AvgIpc) is 3.40. The minimum atomic E-state index is -0.368. The molecule has 1 saturated carbocycles. The average molecular weight is 458 g/mol. The summed E-state index contributed by atoms with van der Waals surface area (Å²) in [6, 6.07) is 18.5. The molecule has 3 rings (SSSR count). The zero-order chi connectivity index (χ0) is 24.2. The molecule has 0 bridgehead atoms. The second-order valence-electron chi connectivity index (χ2n) is 8.32. The van der Waals surface area contributed by atoms with E-state index in [0.717, 1.165) is 36.9 Å². The van der Waals surface area contributed by atoms with Crippen LogP contribution in [-0.2, 0) is 9.59 Å². The number of amides is 2. The van der Waals surface area contributed by atoms with E-state index in [1.165, 1.54) is 22.6 Å². The lowest BCUT2D eigenvalue weighted by Gasteiger charge is -2.20. The Kier molecular flexibility index (Phi) is 10.4. The number of hydrogen-bond acceptors (Lipinski definition) is 3. The summed E-state index contributed by atoms with van der Waals surface area (Å²) in [5.74, 6) is 0.855. The SMILES string of the molecule is CC/C([C]1[CH][CH][CH][CH]1)=C(\c1ccccc1)c1ccc(NC(=O)CCCCCCC(=O)NO)cc1. The van der Waals surface area contributed by atoms with Gasteiger partial charge in [-0.3, -0.25) is 14.8 Å². The number of anilines is 1. The van der Waals surface area contributed by atoms with Crippen molar-refractivity contribution in [3.8, 4) is 0 Å². The molecule has 0 atom stereocenters.